The van der Waals surface area contributed by atoms with Crippen LogP contribution in [0.5, 0.6) is 0 Å². The molecule has 22 heavy (non-hydrogen) atoms. The van der Waals surface area contributed by atoms with Gasteiger partial charge in [0, 0.05) is 24.2 Å². The minimum atomic E-state index is -4.45. The van der Waals surface area contributed by atoms with E-state index in [0.29, 0.717) is 11.4 Å². The van der Waals surface area contributed by atoms with E-state index in [9.17, 15) is 13.2 Å². The second kappa shape index (κ2) is 5.53. The molecule has 0 aromatic carbocycles. The third kappa shape index (κ3) is 2.82. The van der Waals surface area contributed by atoms with Gasteiger partial charge in [-0.3, -0.25) is 0 Å². The second-order valence-electron chi connectivity index (χ2n) is 6.10. The van der Waals surface area contributed by atoms with Gasteiger partial charge >= 0.3 is 6.18 Å². The molecule has 1 atom stereocenters. The van der Waals surface area contributed by atoms with E-state index in [1.54, 1.807) is 6.07 Å². The first-order valence-corrected chi connectivity index (χ1v) is 7.55. The fourth-order valence-electron chi connectivity index (χ4n) is 2.81. The highest BCUT2D eigenvalue weighted by Crippen LogP contribution is 2.32. The summed E-state index contributed by atoms with van der Waals surface area (Å²) in [7, 11) is 0. The monoisotopic (exact) mass is 312 g/mol. The van der Waals surface area contributed by atoms with Gasteiger partial charge in [-0.1, -0.05) is 13.8 Å². The van der Waals surface area contributed by atoms with Crippen LogP contribution in [-0.2, 0) is 6.18 Å². The van der Waals surface area contributed by atoms with Gasteiger partial charge in [-0.25, -0.2) is 9.50 Å². The van der Waals surface area contributed by atoms with Crippen LogP contribution in [0.25, 0.3) is 5.65 Å². The van der Waals surface area contributed by atoms with Crippen molar-refractivity contribution in [2.75, 3.05) is 13.1 Å². The van der Waals surface area contributed by atoms with Crippen LogP contribution in [0.2, 0.25) is 0 Å². The lowest BCUT2D eigenvalue weighted by Crippen LogP contribution is -2.28. The molecule has 4 nitrogen and oxygen atoms in total. The lowest BCUT2D eigenvalue weighted by atomic mass is 9.96. The Morgan fingerprint density at radius 1 is 1.32 bits per heavy atom. The summed E-state index contributed by atoms with van der Waals surface area (Å²) in [5, 5.41) is 7.46. The summed E-state index contributed by atoms with van der Waals surface area (Å²) in [6, 6.07) is 2.80. The summed E-state index contributed by atoms with van der Waals surface area (Å²) in [5.74, 6) is 0.0832. The number of hydrogen-bond acceptors (Lipinski definition) is 3. The van der Waals surface area contributed by atoms with E-state index in [1.807, 2.05) is 13.8 Å². The fraction of sp³-hybridized carbons (Fsp3) is 0.600. The maximum atomic E-state index is 13.3. The van der Waals surface area contributed by atoms with Crippen molar-refractivity contribution in [1.29, 1.82) is 0 Å². The molecule has 0 spiro atoms. The molecule has 0 radical (unpaired) electrons. The molecule has 0 unspecified atom stereocenters. The van der Waals surface area contributed by atoms with Crippen LogP contribution in [0.4, 0.5) is 13.2 Å². The number of fused-ring (bicyclic) bond motifs is 1. The van der Waals surface area contributed by atoms with Crippen LogP contribution in [0.3, 0.4) is 0 Å². The van der Waals surface area contributed by atoms with E-state index in [4.69, 9.17) is 0 Å². The maximum Gasteiger partial charge on any atom is 0.433 e. The van der Waals surface area contributed by atoms with E-state index in [0.717, 1.165) is 36.5 Å². The minimum Gasteiger partial charge on any atom is -0.316 e. The van der Waals surface area contributed by atoms with Gasteiger partial charge < -0.3 is 5.32 Å². The molecule has 1 N–H and O–H groups in total. The Balaban J connectivity index is 2.12. The van der Waals surface area contributed by atoms with Gasteiger partial charge in [0.15, 0.2) is 5.65 Å². The molecule has 0 aliphatic carbocycles. The van der Waals surface area contributed by atoms with Gasteiger partial charge in [0.2, 0.25) is 0 Å². The predicted octanol–water partition coefficient (Wildman–Crippen LogP) is 3.34. The molecule has 1 saturated heterocycles. The zero-order valence-corrected chi connectivity index (χ0v) is 12.6. The summed E-state index contributed by atoms with van der Waals surface area (Å²) in [5.41, 5.74) is 0.648. The van der Waals surface area contributed by atoms with Crippen LogP contribution < -0.4 is 5.32 Å². The highest BCUT2D eigenvalue weighted by Gasteiger charge is 2.35. The SMILES string of the molecule is CC(C)c1cc(C(F)(F)F)n2nc([C@H]3CCCNC3)cc2n1. The van der Waals surface area contributed by atoms with Gasteiger partial charge in [-0.2, -0.15) is 18.3 Å². The van der Waals surface area contributed by atoms with Crippen molar-refractivity contribution in [3.8, 4) is 0 Å². The van der Waals surface area contributed by atoms with Crippen LogP contribution in [0.15, 0.2) is 12.1 Å². The van der Waals surface area contributed by atoms with Crippen molar-refractivity contribution in [2.24, 2.45) is 0 Å². The Morgan fingerprint density at radius 2 is 2.09 bits per heavy atom. The maximum absolute atomic E-state index is 13.3. The molecule has 2 aromatic rings. The Labute approximate surface area is 126 Å². The van der Waals surface area contributed by atoms with Crippen molar-refractivity contribution in [1.82, 2.24) is 19.9 Å². The second-order valence-corrected chi connectivity index (χ2v) is 6.10. The van der Waals surface area contributed by atoms with Gasteiger partial charge in [-0.05, 0) is 31.4 Å². The summed E-state index contributed by atoms with van der Waals surface area (Å²) < 4.78 is 40.9. The molecule has 0 bridgehead atoms. The zero-order chi connectivity index (χ0) is 15.9. The molecular weight excluding hydrogens is 293 g/mol. The van der Waals surface area contributed by atoms with E-state index in [2.05, 4.69) is 15.4 Å². The Bertz CT molecular complexity index is 669. The number of nitrogens with one attached hydrogen (secondary N) is 1. The molecule has 120 valence electrons. The lowest BCUT2D eigenvalue weighted by molar-refractivity contribution is -0.142. The number of aromatic nitrogens is 3. The molecule has 3 rings (SSSR count). The molecule has 1 aliphatic rings. The average Bonchev–Trinajstić information content (AvgIpc) is 2.89. The van der Waals surface area contributed by atoms with Gasteiger partial charge in [0.05, 0.1) is 5.69 Å². The van der Waals surface area contributed by atoms with E-state index in [1.165, 1.54) is 0 Å². The normalized spacial score (nSPS) is 20.0. The number of rotatable bonds is 2. The van der Waals surface area contributed by atoms with Gasteiger partial charge in [0.25, 0.3) is 0 Å². The fourth-order valence-corrected chi connectivity index (χ4v) is 2.81. The highest BCUT2D eigenvalue weighted by atomic mass is 19.4. The minimum absolute atomic E-state index is 0.0687. The van der Waals surface area contributed by atoms with Crippen LogP contribution >= 0.6 is 0 Å². The molecule has 2 aromatic heterocycles. The Morgan fingerprint density at radius 3 is 2.68 bits per heavy atom. The number of halogens is 3. The first kappa shape index (κ1) is 15.3. The highest BCUT2D eigenvalue weighted by molar-refractivity contribution is 5.44. The number of nitrogens with zero attached hydrogens (tertiary/aromatic N) is 3. The Kier molecular flexibility index (Phi) is 3.84. The zero-order valence-electron chi connectivity index (χ0n) is 12.6. The average molecular weight is 312 g/mol. The summed E-state index contributed by atoms with van der Waals surface area (Å²) in [6.07, 6.45) is -2.50. The molecule has 0 amide bonds. The van der Waals surface area contributed by atoms with Crippen molar-refractivity contribution in [2.45, 2.75) is 44.7 Å². The van der Waals surface area contributed by atoms with Crippen LogP contribution in [0, 0.1) is 0 Å². The summed E-state index contributed by atoms with van der Waals surface area (Å²) >= 11 is 0. The van der Waals surface area contributed by atoms with Gasteiger partial charge in [-0.15, -0.1) is 0 Å². The van der Waals surface area contributed by atoms with E-state index in [-0.39, 0.29) is 17.5 Å². The number of alkyl halides is 3. The largest absolute Gasteiger partial charge is 0.433 e. The molecule has 1 fully saturated rings. The van der Waals surface area contributed by atoms with Crippen molar-refractivity contribution < 1.29 is 13.2 Å². The molecule has 1 aliphatic heterocycles. The first-order valence-electron chi connectivity index (χ1n) is 7.55. The van der Waals surface area contributed by atoms with Gasteiger partial charge in [0.1, 0.15) is 5.69 Å². The summed E-state index contributed by atoms with van der Waals surface area (Å²) in [4.78, 5) is 4.34. The summed E-state index contributed by atoms with van der Waals surface area (Å²) in [6.45, 7) is 5.37. The molecule has 0 saturated carbocycles. The topological polar surface area (TPSA) is 42.2 Å². The first-order chi connectivity index (χ1) is 10.4. The lowest BCUT2D eigenvalue weighted by Gasteiger charge is -2.20. The quantitative estimate of drug-likeness (QED) is 0.925. The van der Waals surface area contributed by atoms with Crippen molar-refractivity contribution in [3.05, 3.63) is 29.2 Å². The number of hydrogen-bond donors (Lipinski definition) is 1. The molecular formula is C15H19F3N4. The smallest absolute Gasteiger partial charge is 0.316 e. The predicted molar refractivity (Wildman–Crippen MR) is 76.9 cm³/mol. The van der Waals surface area contributed by atoms with Crippen molar-refractivity contribution >= 4 is 5.65 Å². The Hall–Kier alpha value is -1.63. The van der Waals surface area contributed by atoms with E-state index >= 15 is 0 Å². The number of piperidine rings is 1. The standard InChI is InChI=1S/C15H19F3N4/c1-9(2)11-6-13(15(16,17)18)22-14(20-11)7-12(21-22)10-4-3-5-19-8-10/h6-7,9-10,19H,3-5,8H2,1-2H3/t10-/m0/s1. The van der Waals surface area contributed by atoms with E-state index < -0.39 is 11.9 Å². The molecule has 7 heteroatoms. The molecule has 3 heterocycles. The third-order valence-corrected chi connectivity index (χ3v) is 4.06. The van der Waals surface area contributed by atoms with Crippen LogP contribution in [-0.4, -0.2) is 27.7 Å². The van der Waals surface area contributed by atoms with Crippen LogP contribution in [0.1, 0.15) is 55.6 Å². The van der Waals surface area contributed by atoms with Crippen molar-refractivity contribution in [3.63, 3.8) is 0 Å². The third-order valence-electron chi connectivity index (χ3n) is 4.06.